The second-order valence-electron chi connectivity index (χ2n) is 8.79. The Kier molecular flexibility index (Phi) is 2.57. The predicted molar refractivity (Wildman–Crippen MR) is 99.1 cm³/mol. The first-order valence-corrected chi connectivity index (χ1v) is 9.57. The molecule has 4 aliphatic carbocycles. The van der Waals surface area contributed by atoms with Gasteiger partial charge in [0.05, 0.1) is 11.0 Å². The number of benzene rings is 2. The van der Waals surface area contributed by atoms with Gasteiger partial charge >= 0.3 is 0 Å². The molecule has 1 heteroatoms. The quantitative estimate of drug-likeness (QED) is 0.513. The molecule has 0 radical (unpaired) electrons. The normalized spacial score (nSPS) is 34.2. The molecule has 0 N–H and O–H groups in total. The SMILES string of the molecule is c1ccc2nc3ccc(C45CC6CC(CC(C6)C4)C5)cc3cc2c1. The number of nitrogens with zero attached hydrogens (tertiary/aromatic N) is 1. The van der Waals surface area contributed by atoms with Crippen LogP contribution >= 0.6 is 0 Å². The van der Waals surface area contributed by atoms with Crippen LogP contribution in [0.5, 0.6) is 0 Å². The first-order valence-electron chi connectivity index (χ1n) is 9.57. The van der Waals surface area contributed by atoms with E-state index in [2.05, 4.69) is 48.5 Å². The molecule has 1 aromatic heterocycles. The number of fused-ring (bicyclic) bond motifs is 2. The average molecular weight is 313 g/mol. The first-order chi connectivity index (χ1) is 11.8. The van der Waals surface area contributed by atoms with Crippen LogP contribution < -0.4 is 0 Å². The number of hydrogen-bond donors (Lipinski definition) is 0. The summed E-state index contributed by atoms with van der Waals surface area (Å²) in [6, 6.07) is 18.0. The van der Waals surface area contributed by atoms with Crippen LogP contribution in [-0.2, 0) is 5.41 Å². The molecule has 4 aliphatic rings. The molecule has 4 bridgehead atoms. The number of rotatable bonds is 1. The van der Waals surface area contributed by atoms with Gasteiger partial charge in [-0.15, -0.1) is 0 Å². The van der Waals surface area contributed by atoms with Crippen LogP contribution in [0.1, 0.15) is 44.1 Å². The Hall–Kier alpha value is -1.89. The lowest BCUT2D eigenvalue weighted by Crippen LogP contribution is -2.48. The molecule has 0 atom stereocenters. The Balaban J connectivity index is 1.51. The molecule has 0 unspecified atom stereocenters. The van der Waals surface area contributed by atoms with Crippen LogP contribution in [0, 0.1) is 17.8 Å². The van der Waals surface area contributed by atoms with Crippen molar-refractivity contribution >= 4 is 21.8 Å². The van der Waals surface area contributed by atoms with E-state index in [9.17, 15) is 0 Å². The Bertz CT molecular complexity index is 919. The third-order valence-electron chi connectivity index (χ3n) is 7.17. The molecule has 0 spiro atoms. The zero-order valence-corrected chi connectivity index (χ0v) is 14.0. The van der Waals surface area contributed by atoms with Crippen molar-refractivity contribution in [1.82, 2.24) is 4.98 Å². The van der Waals surface area contributed by atoms with Crippen molar-refractivity contribution in [2.24, 2.45) is 17.8 Å². The van der Waals surface area contributed by atoms with Crippen molar-refractivity contribution < 1.29 is 0 Å². The molecule has 1 nitrogen and oxygen atoms in total. The van der Waals surface area contributed by atoms with Gasteiger partial charge in [-0.05, 0) is 91.5 Å². The highest BCUT2D eigenvalue weighted by Crippen LogP contribution is 2.60. The van der Waals surface area contributed by atoms with E-state index in [1.165, 1.54) is 49.3 Å². The maximum absolute atomic E-state index is 4.87. The minimum absolute atomic E-state index is 0.481. The molecule has 24 heavy (non-hydrogen) atoms. The molecule has 0 aliphatic heterocycles. The highest BCUT2D eigenvalue weighted by molar-refractivity contribution is 5.92. The molecule has 0 saturated heterocycles. The van der Waals surface area contributed by atoms with E-state index in [0.717, 1.165) is 28.8 Å². The minimum atomic E-state index is 0.481. The first kappa shape index (κ1) is 13.4. The van der Waals surface area contributed by atoms with Crippen molar-refractivity contribution in [2.45, 2.75) is 43.9 Å². The summed E-state index contributed by atoms with van der Waals surface area (Å²) in [5, 5.41) is 2.58. The van der Waals surface area contributed by atoms with Gasteiger partial charge in [0.1, 0.15) is 0 Å². The summed E-state index contributed by atoms with van der Waals surface area (Å²) in [4.78, 5) is 4.87. The third-order valence-corrected chi connectivity index (χ3v) is 7.17. The Labute approximate surface area is 143 Å². The van der Waals surface area contributed by atoms with Crippen LogP contribution in [0.3, 0.4) is 0 Å². The van der Waals surface area contributed by atoms with E-state index in [1.807, 2.05) is 0 Å². The third kappa shape index (κ3) is 1.84. The van der Waals surface area contributed by atoms with Crippen LogP contribution in [0.2, 0.25) is 0 Å². The average Bonchev–Trinajstić information content (AvgIpc) is 2.58. The van der Waals surface area contributed by atoms with Crippen LogP contribution in [-0.4, -0.2) is 4.98 Å². The van der Waals surface area contributed by atoms with E-state index in [1.54, 1.807) is 5.56 Å². The Morgan fingerprint density at radius 1 is 0.708 bits per heavy atom. The van der Waals surface area contributed by atoms with Gasteiger partial charge in [-0.2, -0.15) is 0 Å². The largest absolute Gasteiger partial charge is 0.248 e. The summed E-state index contributed by atoms with van der Waals surface area (Å²) in [7, 11) is 0. The summed E-state index contributed by atoms with van der Waals surface area (Å²) in [5.41, 5.74) is 4.33. The predicted octanol–water partition coefficient (Wildman–Crippen LogP) is 5.86. The van der Waals surface area contributed by atoms with Crippen molar-refractivity contribution in [3.05, 3.63) is 54.1 Å². The van der Waals surface area contributed by atoms with Crippen molar-refractivity contribution in [3.8, 4) is 0 Å². The highest BCUT2D eigenvalue weighted by atomic mass is 14.7. The molecule has 3 aromatic rings. The molecule has 120 valence electrons. The lowest BCUT2D eigenvalue weighted by Gasteiger charge is -2.57. The van der Waals surface area contributed by atoms with Crippen LogP contribution in [0.4, 0.5) is 0 Å². The van der Waals surface area contributed by atoms with E-state index in [4.69, 9.17) is 4.98 Å². The minimum Gasteiger partial charge on any atom is -0.248 e. The van der Waals surface area contributed by atoms with E-state index >= 15 is 0 Å². The number of para-hydroxylation sites is 1. The van der Waals surface area contributed by atoms with E-state index < -0.39 is 0 Å². The summed E-state index contributed by atoms with van der Waals surface area (Å²) >= 11 is 0. The summed E-state index contributed by atoms with van der Waals surface area (Å²) < 4.78 is 0. The highest BCUT2D eigenvalue weighted by Gasteiger charge is 2.51. The monoisotopic (exact) mass is 313 g/mol. The van der Waals surface area contributed by atoms with Gasteiger partial charge in [-0.1, -0.05) is 24.3 Å². The smallest absolute Gasteiger partial charge is 0.0709 e. The van der Waals surface area contributed by atoms with E-state index in [-0.39, 0.29) is 0 Å². The lowest BCUT2D eigenvalue weighted by atomic mass is 9.48. The molecule has 0 amide bonds. The van der Waals surface area contributed by atoms with Gasteiger partial charge in [0.15, 0.2) is 0 Å². The lowest BCUT2D eigenvalue weighted by molar-refractivity contribution is -0.00513. The standard InChI is InChI=1S/C23H23N/c1-2-4-21-18(3-1)10-19-11-20(5-6-22(19)24-21)23-12-15-7-16(13-23)9-17(8-15)14-23/h1-6,10-11,15-17H,7-9,12-14H2. The maximum Gasteiger partial charge on any atom is 0.0709 e. The van der Waals surface area contributed by atoms with Crippen LogP contribution in [0.25, 0.3) is 21.8 Å². The molecular formula is C23H23N. The van der Waals surface area contributed by atoms with Gasteiger partial charge in [0, 0.05) is 10.8 Å². The number of aromatic nitrogens is 1. The molecule has 4 fully saturated rings. The summed E-state index contributed by atoms with van der Waals surface area (Å²) in [6.45, 7) is 0. The zero-order chi connectivity index (χ0) is 15.7. The molecule has 4 saturated carbocycles. The molecule has 7 rings (SSSR count). The topological polar surface area (TPSA) is 12.9 Å². The fourth-order valence-corrected chi connectivity index (χ4v) is 6.57. The van der Waals surface area contributed by atoms with E-state index in [0.29, 0.717) is 5.41 Å². The number of pyridine rings is 1. The summed E-state index contributed by atoms with van der Waals surface area (Å²) in [6.07, 6.45) is 8.85. The molecular weight excluding hydrogens is 290 g/mol. The van der Waals surface area contributed by atoms with Gasteiger partial charge in [-0.3, -0.25) is 0 Å². The second kappa shape index (κ2) is 4.59. The van der Waals surface area contributed by atoms with Gasteiger partial charge in [-0.25, -0.2) is 4.98 Å². The van der Waals surface area contributed by atoms with Crippen molar-refractivity contribution in [1.29, 1.82) is 0 Å². The Morgan fingerprint density at radius 2 is 1.38 bits per heavy atom. The fourth-order valence-electron chi connectivity index (χ4n) is 6.57. The maximum atomic E-state index is 4.87. The Morgan fingerprint density at radius 3 is 2.12 bits per heavy atom. The van der Waals surface area contributed by atoms with Crippen LogP contribution in [0.15, 0.2) is 48.5 Å². The van der Waals surface area contributed by atoms with Gasteiger partial charge in [0.2, 0.25) is 0 Å². The second-order valence-corrected chi connectivity index (χ2v) is 8.79. The van der Waals surface area contributed by atoms with Crippen molar-refractivity contribution in [3.63, 3.8) is 0 Å². The molecule has 2 aromatic carbocycles. The fraction of sp³-hybridized carbons (Fsp3) is 0.435. The van der Waals surface area contributed by atoms with Gasteiger partial charge in [0.25, 0.3) is 0 Å². The van der Waals surface area contributed by atoms with Crippen molar-refractivity contribution in [2.75, 3.05) is 0 Å². The van der Waals surface area contributed by atoms with Gasteiger partial charge < -0.3 is 0 Å². The number of hydrogen-bond acceptors (Lipinski definition) is 1. The summed E-state index contributed by atoms with van der Waals surface area (Å²) in [5.74, 6) is 3.00. The molecule has 1 heterocycles. The zero-order valence-electron chi connectivity index (χ0n) is 14.0.